The number of fused-ring (bicyclic) bond motifs is 10. The van der Waals surface area contributed by atoms with Gasteiger partial charge in [-0.1, -0.05) is 27.7 Å². The minimum atomic E-state index is 0. The largest absolute Gasteiger partial charge is 1.00 e. The van der Waals surface area contributed by atoms with Gasteiger partial charge < -0.3 is 5.48 Å². The van der Waals surface area contributed by atoms with Gasteiger partial charge in [-0.05, 0) is 466 Å². The van der Waals surface area contributed by atoms with Gasteiger partial charge in [-0.15, -0.1) is 0 Å². The molecule has 0 heterocycles. The number of rotatable bonds is 0. The van der Waals surface area contributed by atoms with E-state index in [0.717, 1.165) is 118 Å². The fraction of sp³-hybridized carbons (Fsp3) is 0.524. The van der Waals surface area contributed by atoms with Crippen LogP contribution in [0.5, 0.6) is 0 Å². The molecule has 0 fully saturated rings. The Hall–Kier alpha value is -4.24. The maximum absolute atomic E-state index is 2.00. The van der Waals surface area contributed by atoms with Gasteiger partial charge in [0.25, 0.3) is 0 Å². The second-order valence-electron chi connectivity index (χ2n) is 33.7. The van der Waals surface area contributed by atoms with Gasteiger partial charge in [-0.2, -0.15) is 0 Å². The summed E-state index contributed by atoms with van der Waals surface area (Å²) in [6.07, 6.45) is 29.8. The van der Waals surface area contributed by atoms with Crippen LogP contribution in [0.1, 0.15) is 386 Å². The zero-order valence-electron chi connectivity index (χ0n) is 51.1. The van der Waals surface area contributed by atoms with E-state index >= 15 is 0 Å². The average molecular weight is 1120 g/mol. The minimum absolute atomic E-state index is 0. The summed E-state index contributed by atoms with van der Waals surface area (Å²) in [5.74, 6) is 17.0. The van der Waals surface area contributed by atoms with Crippen molar-refractivity contribution in [3.8, 4) is 0 Å². The van der Waals surface area contributed by atoms with Gasteiger partial charge in [0.15, 0.2) is 0 Å². The summed E-state index contributed by atoms with van der Waals surface area (Å²) in [4.78, 5) is 0. The van der Waals surface area contributed by atoms with Gasteiger partial charge in [-0.3, -0.25) is 0 Å². The standard InChI is InChI=1S/2C40H30.2C2H6.Na.H2O/c2*1-2-12-14-5-6-16-18-9-10-20-19-8-7-17-15-4-3-13-11(1)21-22(12)32-24(14)26(16)34-29(18)30(20)35-28(19)27(17)33-25(15)23(13)31(21)36-37(32)39(34)40(35)38(33)36;2*1-2;;/h2*11-20H,1-10H2;2*1-2H3;;1H2/q;;;;+1;/p-1. The monoisotopic (exact) mass is 1120 g/mol. The molecule has 20 aliphatic carbocycles. The Morgan fingerprint density at radius 3 is 0.244 bits per heavy atom. The summed E-state index contributed by atoms with van der Waals surface area (Å²) < 4.78 is 0. The molecule has 0 bridgehead atoms. The normalized spacial score (nSPS) is 39.2. The fourth-order valence-corrected chi connectivity index (χ4v) is 32.8. The van der Waals surface area contributed by atoms with Crippen molar-refractivity contribution >= 4 is 108 Å². The van der Waals surface area contributed by atoms with E-state index in [2.05, 4.69) is 0 Å². The third-order valence-corrected chi connectivity index (χ3v) is 33.4. The van der Waals surface area contributed by atoms with Crippen LogP contribution in [-0.4, -0.2) is 5.48 Å². The average Bonchev–Trinajstić information content (AvgIpc) is 1.45. The molecule has 86 heavy (non-hydrogen) atoms. The molecule has 0 saturated carbocycles. The van der Waals surface area contributed by atoms with Crippen LogP contribution in [0.25, 0.3) is 108 Å². The Labute approximate surface area is 524 Å². The second kappa shape index (κ2) is 13.4. The molecule has 20 aliphatic rings. The van der Waals surface area contributed by atoms with Crippen molar-refractivity contribution in [2.45, 2.75) is 274 Å². The molecule has 12 aromatic carbocycles. The van der Waals surface area contributed by atoms with Crippen molar-refractivity contribution < 1.29 is 35.0 Å². The van der Waals surface area contributed by atoms with Crippen LogP contribution in [0.15, 0.2) is 0 Å². The van der Waals surface area contributed by atoms with Gasteiger partial charge in [0.05, 0.1) is 0 Å². The Morgan fingerprint density at radius 2 is 0.186 bits per heavy atom. The van der Waals surface area contributed by atoms with Gasteiger partial charge in [-0.25, -0.2) is 0 Å². The van der Waals surface area contributed by atoms with Crippen LogP contribution < -0.4 is 29.6 Å². The van der Waals surface area contributed by atoms with Gasteiger partial charge in [0, 0.05) is 0 Å². The van der Waals surface area contributed by atoms with Crippen molar-refractivity contribution in [2.75, 3.05) is 0 Å². The van der Waals surface area contributed by atoms with Crippen LogP contribution in [0, 0.1) is 0 Å². The first-order chi connectivity index (χ1) is 41.8. The first-order valence-electron chi connectivity index (χ1n) is 36.8. The van der Waals surface area contributed by atoms with Crippen LogP contribution in [-0.2, 0) is 0 Å². The Balaban J connectivity index is 0.0000000966. The quantitative estimate of drug-likeness (QED) is 0.110. The number of hydrogen-bond acceptors (Lipinski definition) is 1. The molecule has 0 amide bonds. The van der Waals surface area contributed by atoms with Crippen molar-refractivity contribution in [3.63, 3.8) is 0 Å². The summed E-state index contributed by atoms with van der Waals surface area (Å²) >= 11 is 0. The molecular weight excluding hydrogens is 1050 g/mol. The Bertz CT molecular complexity index is 4080. The summed E-state index contributed by atoms with van der Waals surface area (Å²) in [6.45, 7) is 8.00. The van der Waals surface area contributed by atoms with Gasteiger partial charge >= 0.3 is 29.6 Å². The maximum Gasteiger partial charge on any atom is 1.00 e. The molecule has 1 nitrogen and oxygen atoms in total. The van der Waals surface area contributed by atoms with E-state index in [1.165, 1.54) is 128 Å². The van der Waals surface area contributed by atoms with Gasteiger partial charge in [0.1, 0.15) is 0 Å². The molecular formula is C84H73NaO. The summed E-state index contributed by atoms with van der Waals surface area (Å²) in [7, 11) is 0. The van der Waals surface area contributed by atoms with Crippen molar-refractivity contribution in [1.29, 1.82) is 0 Å². The Morgan fingerprint density at radius 1 is 0.128 bits per heavy atom. The molecule has 0 spiro atoms. The van der Waals surface area contributed by atoms with E-state index in [-0.39, 0.29) is 35.0 Å². The first kappa shape index (κ1) is 45.9. The minimum Gasteiger partial charge on any atom is -0.870 e. The first-order valence-corrected chi connectivity index (χ1v) is 36.8. The van der Waals surface area contributed by atoms with E-state index in [1.807, 2.05) is 247 Å². The predicted octanol–water partition coefficient (Wildman–Crippen LogP) is 20.2. The SMILES string of the molecule is C1CC2c3c4c5c6c7c8c9c%10c%11c%12c%13c%14c%15c(c3c3c5c8c%11c%143)C2CCC%15C%13CCC%12C%10CCC9C7CCC6C14.C1CC2c3c4c5c6c7c8c9c%10c%11c%12c%13c%14c%15c(c3c3c5c8c%11c%143)C2CCC%15C%13CCC%12C%10CCC9C7CCC6C14.CC.CC.[Na+].[OH-]. The third kappa shape index (κ3) is 3.70. The van der Waals surface area contributed by atoms with Crippen LogP contribution >= 0.6 is 0 Å². The molecule has 0 aromatic heterocycles. The van der Waals surface area contributed by atoms with E-state index in [1.54, 1.807) is 0 Å². The zero-order chi connectivity index (χ0) is 52.8. The molecule has 0 aliphatic heterocycles. The molecule has 12 aromatic rings. The summed E-state index contributed by atoms with van der Waals surface area (Å²) in [5, 5.41) is 37.4. The summed E-state index contributed by atoms with van der Waals surface area (Å²) in [6, 6.07) is 0. The molecule has 20 unspecified atom stereocenters. The molecule has 20 atom stereocenters. The molecule has 1 N–H and O–H groups in total. The van der Waals surface area contributed by atoms with Crippen molar-refractivity contribution in [3.05, 3.63) is 111 Å². The van der Waals surface area contributed by atoms with E-state index in [0.29, 0.717) is 0 Å². The topological polar surface area (TPSA) is 30.0 Å². The van der Waals surface area contributed by atoms with Crippen LogP contribution in [0.3, 0.4) is 0 Å². The fourth-order valence-electron chi connectivity index (χ4n) is 32.8. The van der Waals surface area contributed by atoms with Crippen molar-refractivity contribution in [2.24, 2.45) is 0 Å². The molecule has 32 rings (SSSR count). The Kier molecular flexibility index (Phi) is 7.16. The van der Waals surface area contributed by atoms with Crippen LogP contribution in [0.2, 0.25) is 0 Å². The second-order valence-corrected chi connectivity index (χ2v) is 33.7. The number of hydrogen-bond donors (Lipinski definition) is 0. The molecule has 416 valence electrons. The third-order valence-electron chi connectivity index (χ3n) is 33.4. The summed E-state index contributed by atoms with van der Waals surface area (Å²) in [5.41, 5.74) is 39.2. The van der Waals surface area contributed by atoms with E-state index in [4.69, 9.17) is 0 Å². The van der Waals surface area contributed by atoms with E-state index in [9.17, 15) is 0 Å². The maximum atomic E-state index is 2.00. The number of benzene rings is 10. The smallest absolute Gasteiger partial charge is 0.870 e. The van der Waals surface area contributed by atoms with E-state index < -0.39 is 0 Å². The molecule has 0 radical (unpaired) electrons. The van der Waals surface area contributed by atoms with Gasteiger partial charge in [0.2, 0.25) is 0 Å². The van der Waals surface area contributed by atoms with Crippen molar-refractivity contribution in [1.82, 2.24) is 0 Å². The molecule has 0 saturated heterocycles. The zero-order valence-corrected chi connectivity index (χ0v) is 53.1. The predicted molar refractivity (Wildman–Crippen MR) is 347 cm³/mol. The van der Waals surface area contributed by atoms with Crippen LogP contribution in [0.4, 0.5) is 0 Å². The molecule has 2 heteroatoms.